The van der Waals surface area contributed by atoms with Gasteiger partial charge in [-0.3, -0.25) is 4.79 Å². The van der Waals surface area contributed by atoms with Gasteiger partial charge in [0, 0.05) is 17.3 Å². The van der Waals surface area contributed by atoms with Gasteiger partial charge < -0.3 is 9.14 Å². The van der Waals surface area contributed by atoms with Gasteiger partial charge in [-0.1, -0.05) is 26.8 Å². The van der Waals surface area contributed by atoms with E-state index in [2.05, 4.69) is 64.2 Å². The fourth-order valence-corrected chi connectivity index (χ4v) is 3.40. The predicted molar refractivity (Wildman–Crippen MR) is 103 cm³/mol. The highest BCUT2D eigenvalue weighted by atomic mass is 16.5. The van der Waals surface area contributed by atoms with Crippen LogP contribution >= 0.6 is 0 Å². The van der Waals surface area contributed by atoms with Crippen LogP contribution in [0.15, 0.2) is 36.5 Å². The number of rotatable bonds is 5. The Balaban J connectivity index is 2.29. The van der Waals surface area contributed by atoms with Gasteiger partial charge in [-0.2, -0.15) is 0 Å². The summed E-state index contributed by atoms with van der Waals surface area (Å²) in [6.07, 6.45) is 3.96. The lowest BCUT2D eigenvalue weighted by Crippen LogP contribution is -1.99. The number of hydrogen-bond donors (Lipinski definition) is 0. The maximum atomic E-state index is 11.9. The van der Waals surface area contributed by atoms with Gasteiger partial charge in [0.25, 0.3) is 0 Å². The molecule has 0 saturated carbocycles. The Morgan fingerprint density at radius 2 is 1.92 bits per heavy atom. The third kappa shape index (κ3) is 2.95. The number of methoxy groups -OCH3 is 1. The number of hydrogen-bond acceptors (Lipinski definition) is 2. The molecule has 0 N–H and O–H groups in total. The average molecular weight is 335 g/mol. The van der Waals surface area contributed by atoms with Gasteiger partial charge in [0.2, 0.25) is 0 Å². The van der Waals surface area contributed by atoms with Crippen LogP contribution in [0.25, 0.3) is 16.6 Å². The highest BCUT2D eigenvalue weighted by molar-refractivity contribution is 5.91. The first kappa shape index (κ1) is 17.3. The summed E-state index contributed by atoms with van der Waals surface area (Å²) in [4.78, 5) is 11.9. The molecule has 0 amide bonds. The van der Waals surface area contributed by atoms with Gasteiger partial charge in [0.1, 0.15) is 5.75 Å². The van der Waals surface area contributed by atoms with Crippen molar-refractivity contribution in [3.8, 4) is 16.9 Å². The lowest BCUT2D eigenvalue weighted by Gasteiger charge is -2.16. The Kier molecular flexibility index (Phi) is 4.67. The number of pyridine rings is 1. The van der Waals surface area contributed by atoms with Gasteiger partial charge in [0.15, 0.2) is 6.29 Å². The van der Waals surface area contributed by atoms with Gasteiger partial charge in [-0.05, 0) is 65.8 Å². The quantitative estimate of drug-likeness (QED) is 0.583. The molecule has 3 heteroatoms. The Morgan fingerprint density at radius 1 is 1.16 bits per heavy atom. The third-order valence-corrected chi connectivity index (χ3v) is 4.88. The van der Waals surface area contributed by atoms with Crippen LogP contribution in [0.3, 0.4) is 0 Å². The van der Waals surface area contributed by atoms with Crippen molar-refractivity contribution < 1.29 is 9.53 Å². The van der Waals surface area contributed by atoms with Crippen molar-refractivity contribution in [1.29, 1.82) is 0 Å². The summed E-state index contributed by atoms with van der Waals surface area (Å²) >= 11 is 0. The number of aryl methyl sites for hydroxylation is 2. The van der Waals surface area contributed by atoms with Crippen LogP contribution in [0.4, 0.5) is 0 Å². The molecule has 1 aromatic carbocycles. The second-order valence-electron chi connectivity index (χ2n) is 6.81. The van der Waals surface area contributed by atoms with Crippen LogP contribution in [0.5, 0.6) is 5.75 Å². The number of aromatic nitrogens is 1. The molecule has 3 rings (SSSR count). The van der Waals surface area contributed by atoms with Crippen molar-refractivity contribution in [3.05, 3.63) is 58.9 Å². The molecule has 2 heterocycles. The molecule has 0 bridgehead atoms. The van der Waals surface area contributed by atoms with Crippen molar-refractivity contribution in [2.75, 3.05) is 7.11 Å². The second kappa shape index (κ2) is 6.75. The van der Waals surface area contributed by atoms with Crippen LogP contribution in [0.1, 0.15) is 53.9 Å². The summed E-state index contributed by atoms with van der Waals surface area (Å²) in [7, 11) is 1.70. The highest BCUT2D eigenvalue weighted by Gasteiger charge is 2.17. The van der Waals surface area contributed by atoms with Gasteiger partial charge in [0.05, 0.1) is 12.8 Å². The van der Waals surface area contributed by atoms with Crippen molar-refractivity contribution in [2.45, 2.75) is 40.0 Å². The number of aldehydes is 1. The minimum Gasteiger partial charge on any atom is -0.496 e. The van der Waals surface area contributed by atoms with Gasteiger partial charge >= 0.3 is 0 Å². The summed E-state index contributed by atoms with van der Waals surface area (Å²) in [5.74, 6) is 1.25. The van der Waals surface area contributed by atoms with E-state index in [1.807, 2.05) is 4.40 Å². The monoisotopic (exact) mass is 335 g/mol. The van der Waals surface area contributed by atoms with Crippen LogP contribution in [-0.4, -0.2) is 17.8 Å². The molecular weight excluding hydrogens is 310 g/mol. The molecule has 2 aromatic heterocycles. The fraction of sp³-hybridized carbons (Fsp3) is 0.318. The van der Waals surface area contributed by atoms with Crippen LogP contribution < -0.4 is 4.74 Å². The van der Waals surface area contributed by atoms with E-state index in [-0.39, 0.29) is 0 Å². The van der Waals surface area contributed by atoms with Crippen molar-refractivity contribution >= 4 is 11.8 Å². The Bertz CT molecular complexity index is 935. The third-order valence-electron chi connectivity index (χ3n) is 4.88. The maximum absolute atomic E-state index is 11.9. The smallest absolute Gasteiger partial charge is 0.167 e. The molecule has 3 nitrogen and oxygen atoms in total. The number of carbonyl (C=O) groups excluding carboxylic acids is 1. The maximum Gasteiger partial charge on any atom is 0.167 e. The first-order valence-corrected chi connectivity index (χ1v) is 8.78. The van der Waals surface area contributed by atoms with Gasteiger partial charge in [-0.15, -0.1) is 0 Å². The first-order valence-electron chi connectivity index (χ1n) is 8.78. The van der Waals surface area contributed by atoms with Crippen molar-refractivity contribution in [2.24, 2.45) is 0 Å². The molecule has 25 heavy (non-hydrogen) atoms. The van der Waals surface area contributed by atoms with Gasteiger partial charge in [-0.25, -0.2) is 0 Å². The zero-order chi connectivity index (χ0) is 18.1. The first-order chi connectivity index (χ1) is 12.0. The summed E-state index contributed by atoms with van der Waals surface area (Å²) in [5, 5.41) is 0. The van der Waals surface area contributed by atoms with Crippen molar-refractivity contribution in [1.82, 2.24) is 4.40 Å². The van der Waals surface area contributed by atoms with E-state index in [0.29, 0.717) is 11.6 Å². The predicted octanol–water partition coefficient (Wildman–Crippen LogP) is 5.42. The fourth-order valence-electron chi connectivity index (χ4n) is 3.40. The molecule has 0 aliphatic heterocycles. The minimum absolute atomic E-state index is 0.345. The molecule has 0 saturated heterocycles. The number of benzene rings is 1. The van der Waals surface area contributed by atoms with E-state index < -0.39 is 0 Å². The second-order valence-corrected chi connectivity index (χ2v) is 6.81. The zero-order valence-corrected chi connectivity index (χ0v) is 15.6. The molecule has 3 aromatic rings. The lowest BCUT2D eigenvalue weighted by molar-refractivity contribution is 0.111. The van der Waals surface area contributed by atoms with Crippen LogP contribution in [0.2, 0.25) is 0 Å². The summed E-state index contributed by atoms with van der Waals surface area (Å²) < 4.78 is 7.55. The van der Waals surface area contributed by atoms with E-state index in [1.165, 1.54) is 5.56 Å². The molecule has 130 valence electrons. The largest absolute Gasteiger partial charge is 0.496 e. The number of carbonyl (C=O) groups is 1. The SMILES string of the molecule is CCc1ccc2cc(-c3cc(C(C)C)c(OC)cc3C)c(C=O)n2c1. The molecular formula is C22H25NO2. The molecule has 0 fully saturated rings. The zero-order valence-electron chi connectivity index (χ0n) is 15.6. The minimum atomic E-state index is 0.345. The summed E-state index contributed by atoms with van der Waals surface area (Å²) in [6.45, 7) is 8.49. The summed E-state index contributed by atoms with van der Waals surface area (Å²) in [6, 6.07) is 10.5. The van der Waals surface area contributed by atoms with Crippen LogP contribution in [-0.2, 0) is 6.42 Å². The highest BCUT2D eigenvalue weighted by Crippen LogP contribution is 2.36. The molecule has 0 spiro atoms. The Morgan fingerprint density at radius 3 is 2.52 bits per heavy atom. The van der Waals surface area contributed by atoms with E-state index in [9.17, 15) is 4.79 Å². The number of fused-ring (bicyclic) bond motifs is 1. The van der Waals surface area contributed by atoms with Crippen molar-refractivity contribution in [3.63, 3.8) is 0 Å². The Hall–Kier alpha value is -2.55. The molecule has 0 unspecified atom stereocenters. The molecule has 0 aliphatic carbocycles. The number of nitrogens with zero attached hydrogens (tertiary/aromatic N) is 1. The van der Waals surface area contributed by atoms with E-state index in [1.54, 1.807) is 7.11 Å². The average Bonchev–Trinajstić information content (AvgIpc) is 2.98. The lowest BCUT2D eigenvalue weighted by atomic mass is 9.93. The molecule has 0 aliphatic rings. The normalized spacial score (nSPS) is 11.3. The summed E-state index contributed by atoms with van der Waals surface area (Å²) in [5.41, 5.74) is 7.29. The van der Waals surface area contributed by atoms with E-state index in [0.717, 1.165) is 46.2 Å². The van der Waals surface area contributed by atoms with E-state index >= 15 is 0 Å². The Labute approximate surface area is 149 Å². The molecule has 0 radical (unpaired) electrons. The molecule has 0 atom stereocenters. The standard InChI is InChI=1S/C22H25NO2/c1-6-16-7-8-17-10-20(21(13-24)23(17)12-16)19-11-18(14(2)3)22(25-5)9-15(19)4/h7-14H,6H2,1-5H3. The number of ether oxygens (including phenoxy) is 1. The van der Waals surface area contributed by atoms with E-state index in [4.69, 9.17) is 4.74 Å². The van der Waals surface area contributed by atoms with Crippen LogP contribution in [0, 0.1) is 6.92 Å². The topological polar surface area (TPSA) is 30.7 Å².